The summed E-state index contributed by atoms with van der Waals surface area (Å²) < 4.78 is 61.3. The van der Waals surface area contributed by atoms with E-state index in [1.165, 1.54) is 19.3 Å². The van der Waals surface area contributed by atoms with Crippen molar-refractivity contribution in [1.29, 1.82) is 0 Å². The van der Waals surface area contributed by atoms with E-state index in [9.17, 15) is 21.6 Å². The molecule has 1 fully saturated rings. The van der Waals surface area contributed by atoms with Gasteiger partial charge in [-0.3, -0.25) is 4.99 Å². The number of hydrogen-bond donors (Lipinski definition) is 2. The summed E-state index contributed by atoms with van der Waals surface area (Å²) in [5.41, 5.74) is -5.23. The molecule has 7 nitrogen and oxygen atoms in total. The van der Waals surface area contributed by atoms with Gasteiger partial charge in [0.1, 0.15) is 0 Å². The highest BCUT2D eigenvalue weighted by Gasteiger charge is 2.50. The van der Waals surface area contributed by atoms with Crippen LogP contribution < -0.4 is 10.6 Å². The van der Waals surface area contributed by atoms with Crippen LogP contribution in [0.2, 0.25) is 0 Å². The van der Waals surface area contributed by atoms with E-state index in [4.69, 9.17) is 0 Å². The molecule has 0 bridgehead atoms. The second-order valence-electron chi connectivity index (χ2n) is 7.74. The van der Waals surface area contributed by atoms with E-state index in [-0.39, 0.29) is 43.0 Å². The van der Waals surface area contributed by atoms with Crippen molar-refractivity contribution >= 4 is 40.0 Å². The molecule has 0 saturated carbocycles. The Bertz CT molecular complexity index is 595. The first kappa shape index (κ1) is 29.7. The third-order valence-electron chi connectivity index (χ3n) is 5.06. The number of halogens is 4. The van der Waals surface area contributed by atoms with Gasteiger partial charge in [-0.15, -0.1) is 24.0 Å². The highest BCUT2D eigenvalue weighted by molar-refractivity contribution is 14.0. The average molecular weight is 571 g/mol. The smallest absolute Gasteiger partial charge is 0.356 e. The van der Waals surface area contributed by atoms with Crippen LogP contribution in [0.5, 0.6) is 0 Å². The number of nitrogens with zero attached hydrogens (tertiary/aromatic N) is 3. The maximum Gasteiger partial charge on any atom is 0.511 e. The Morgan fingerprint density at radius 3 is 2.17 bits per heavy atom. The Balaban J connectivity index is 0.00000841. The van der Waals surface area contributed by atoms with Gasteiger partial charge in [0.2, 0.25) is 0 Å². The summed E-state index contributed by atoms with van der Waals surface area (Å²) in [6, 6.07) is 0. The van der Waals surface area contributed by atoms with E-state index >= 15 is 0 Å². The number of rotatable bonds is 11. The standard InChI is InChI=1S/C18H36F3N5O2S.HI/c1-22-17(23-11-7-5-4-6-8-12-25(2)3)24-15-16-9-13-26(14-10-16)29(27,28)18(19,20)21;/h16H,4-15H2,1-3H3,(H2,22,23,24);1H. The molecule has 1 rings (SSSR count). The van der Waals surface area contributed by atoms with Gasteiger partial charge in [0, 0.05) is 33.2 Å². The Hall–Kier alpha value is -0.340. The van der Waals surface area contributed by atoms with Crippen LogP contribution in [0.25, 0.3) is 0 Å². The van der Waals surface area contributed by atoms with Gasteiger partial charge in [-0.25, -0.2) is 8.42 Å². The molecule has 0 aromatic heterocycles. The number of nitrogens with one attached hydrogen (secondary N) is 2. The van der Waals surface area contributed by atoms with Crippen molar-refractivity contribution in [2.24, 2.45) is 10.9 Å². The van der Waals surface area contributed by atoms with Crippen molar-refractivity contribution in [1.82, 2.24) is 19.8 Å². The van der Waals surface area contributed by atoms with Gasteiger partial charge in [0.25, 0.3) is 0 Å². The Labute approximate surface area is 196 Å². The zero-order valence-corrected chi connectivity index (χ0v) is 21.3. The van der Waals surface area contributed by atoms with E-state index in [2.05, 4.69) is 34.6 Å². The molecule has 1 heterocycles. The lowest BCUT2D eigenvalue weighted by Crippen LogP contribution is -2.47. The fourth-order valence-corrected chi connectivity index (χ4v) is 4.24. The molecule has 1 saturated heterocycles. The summed E-state index contributed by atoms with van der Waals surface area (Å²) in [7, 11) is 0.623. The monoisotopic (exact) mass is 571 g/mol. The molecule has 0 radical (unpaired) electrons. The summed E-state index contributed by atoms with van der Waals surface area (Å²) in [6.45, 7) is 2.29. The lowest BCUT2D eigenvalue weighted by Gasteiger charge is -2.31. The van der Waals surface area contributed by atoms with E-state index in [0.29, 0.717) is 29.7 Å². The third kappa shape index (κ3) is 10.8. The fourth-order valence-electron chi connectivity index (χ4n) is 3.25. The van der Waals surface area contributed by atoms with Crippen molar-refractivity contribution in [2.75, 3.05) is 53.9 Å². The van der Waals surface area contributed by atoms with Gasteiger partial charge in [0.15, 0.2) is 5.96 Å². The molecule has 0 aromatic rings. The normalized spacial score (nSPS) is 17.1. The molecule has 30 heavy (non-hydrogen) atoms. The second kappa shape index (κ2) is 14.7. The summed E-state index contributed by atoms with van der Waals surface area (Å²) in [6.07, 6.45) is 6.65. The quantitative estimate of drug-likeness (QED) is 0.173. The summed E-state index contributed by atoms with van der Waals surface area (Å²) in [4.78, 5) is 6.35. The number of aliphatic imine (C=N–C) groups is 1. The zero-order chi connectivity index (χ0) is 21.9. The van der Waals surface area contributed by atoms with Crippen LogP contribution >= 0.6 is 24.0 Å². The third-order valence-corrected chi connectivity index (χ3v) is 6.69. The Morgan fingerprint density at radius 2 is 1.63 bits per heavy atom. The Kier molecular flexibility index (Phi) is 14.5. The van der Waals surface area contributed by atoms with Crippen LogP contribution in [0.1, 0.15) is 44.9 Å². The minimum Gasteiger partial charge on any atom is -0.356 e. The highest BCUT2D eigenvalue weighted by atomic mass is 127. The lowest BCUT2D eigenvalue weighted by molar-refractivity contribution is -0.0496. The van der Waals surface area contributed by atoms with Crippen LogP contribution in [0.3, 0.4) is 0 Å². The summed E-state index contributed by atoms with van der Waals surface area (Å²) in [5, 5.41) is 6.44. The molecule has 0 aromatic carbocycles. The van der Waals surface area contributed by atoms with Crippen LogP contribution in [-0.2, 0) is 10.0 Å². The van der Waals surface area contributed by atoms with Gasteiger partial charge < -0.3 is 15.5 Å². The molecular formula is C18H37F3IN5O2S. The first-order valence-corrected chi connectivity index (χ1v) is 11.7. The van der Waals surface area contributed by atoms with E-state index in [1.807, 2.05) is 0 Å². The lowest BCUT2D eigenvalue weighted by atomic mass is 9.98. The molecule has 0 unspecified atom stereocenters. The minimum atomic E-state index is -5.23. The molecular weight excluding hydrogens is 534 g/mol. The predicted octanol–water partition coefficient (Wildman–Crippen LogP) is 2.84. The Morgan fingerprint density at radius 1 is 1.07 bits per heavy atom. The molecule has 12 heteroatoms. The fraction of sp³-hybridized carbons (Fsp3) is 0.944. The average Bonchev–Trinajstić information content (AvgIpc) is 2.65. The van der Waals surface area contributed by atoms with Crippen molar-refractivity contribution in [3.8, 4) is 0 Å². The summed E-state index contributed by atoms with van der Waals surface area (Å²) in [5.74, 6) is 0.785. The number of sulfonamides is 1. The number of guanidine groups is 1. The van der Waals surface area contributed by atoms with Gasteiger partial charge >= 0.3 is 15.5 Å². The molecule has 0 atom stereocenters. The van der Waals surface area contributed by atoms with Crippen molar-refractivity contribution in [3.05, 3.63) is 0 Å². The van der Waals surface area contributed by atoms with Gasteiger partial charge in [-0.2, -0.15) is 17.5 Å². The first-order valence-electron chi connectivity index (χ1n) is 10.2. The number of hydrogen-bond acceptors (Lipinski definition) is 4. The van der Waals surface area contributed by atoms with Crippen molar-refractivity contribution < 1.29 is 21.6 Å². The molecule has 1 aliphatic rings. The number of piperidine rings is 1. The van der Waals surface area contributed by atoms with Crippen LogP contribution in [0.4, 0.5) is 13.2 Å². The summed E-state index contributed by atoms with van der Waals surface area (Å²) >= 11 is 0. The minimum absolute atomic E-state index is 0. The van der Waals surface area contributed by atoms with E-state index < -0.39 is 15.5 Å². The van der Waals surface area contributed by atoms with E-state index in [1.54, 1.807) is 7.05 Å². The highest BCUT2D eigenvalue weighted by Crippen LogP contribution is 2.30. The number of alkyl halides is 3. The molecule has 0 spiro atoms. The maximum absolute atomic E-state index is 12.6. The van der Waals surface area contributed by atoms with Crippen LogP contribution in [-0.4, -0.2) is 83.0 Å². The van der Waals surface area contributed by atoms with Crippen LogP contribution in [0, 0.1) is 5.92 Å². The van der Waals surface area contributed by atoms with Gasteiger partial charge in [0.05, 0.1) is 0 Å². The molecule has 2 N–H and O–H groups in total. The largest absolute Gasteiger partial charge is 0.511 e. The molecule has 180 valence electrons. The van der Waals surface area contributed by atoms with Crippen molar-refractivity contribution in [2.45, 2.75) is 50.5 Å². The van der Waals surface area contributed by atoms with Gasteiger partial charge in [-0.05, 0) is 52.2 Å². The molecule has 0 aliphatic carbocycles. The van der Waals surface area contributed by atoms with Crippen molar-refractivity contribution in [3.63, 3.8) is 0 Å². The molecule has 1 aliphatic heterocycles. The predicted molar refractivity (Wildman–Crippen MR) is 126 cm³/mol. The molecule has 0 amide bonds. The van der Waals surface area contributed by atoms with E-state index in [0.717, 1.165) is 25.9 Å². The first-order chi connectivity index (χ1) is 13.6. The van der Waals surface area contributed by atoms with Gasteiger partial charge in [-0.1, -0.05) is 19.3 Å². The van der Waals surface area contributed by atoms with Crippen LogP contribution in [0.15, 0.2) is 4.99 Å². The topological polar surface area (TPSA) is 77.0 Å². The zero-order valence-electron chi connectivity index (χ0n) is 18.2. The SMILES string of the molecule is CN=C(NCCCCCCCN(C)C)NCC1CCN(S(=O)(=O)C(F)(F)F)CC1.I. The number of unbranched alkanes of at least 4 members (excludes halogenated alkanes) is 4. The maximum atomic E-state index is 12.6. The second-order valence-corrected chi connectivity index (χ2v) is 9.67.